The molecule has 0 radical (unpaired) electrons. The van der Waals surface area contributed by atoms with E-state index in [4.69, 9.17) is 0 Å². The summed E-state index contributed by atoms with van der Waals surface area (Å²) >= 11 is 0. The molecular weight excluding hydrogens is 546 g/mol. The molecule has 262 valence electrons. The predicted octanol–water partition coefficient (Wildman–Crippen LogP) is 13.8. The molecular formula is C43H79NO. The zero-order chi connectivity index (χ0) is 32.6. The summed E-state index contributed by atoms with van der Waals surface area (Å²) in [6.45, 7) is 5.44. The highest BCUT2D eigenvalue weighted by molar-refractivity contribution is 5.75. The molecule has 2 heteroatoms. The number of nitrogens with one attached hydrogen (secondary N) is 1. The first kappa shape index (κ1) is 43.6. The van der Waals surface area contributed by atoms with Gasteiger partial charge in [0.2, 0.25) is 5.91 Å². The Kier molecular flexibility index (Phi) is 39.3. The van der Waals surface area contributed by atoms with Crippen LogP contribution in [0, 0.1) is 23.7 Å². The van der Waals surface area contributed by atoms with Crippen LogP contribution in [0.2, 0.25) is 0 Å². The molecule has 0 saturated heterocycles. The van der Waals surface area contributed by atoms with Crippen LogP contribution in [-0.4, -0.2) is 12.5 Å². The van der Waals surface area contributed by atoms with E-state index in [-0.39, 0.29) is 5.91 Å². The number of carbonyl (C=O) groups is 1. The van der Waals surface area contributed by atoms with E-state index in [0.717, 1.165) is 32.2 Å². The Hall–Kier alpha value is -1.41. The zero-order valence-electron chi connectivity index (χ0n) is 30.9. The van der Waals surface area contributed by atoms with Gasteiger partial charge in [0, 0.05) is 25.8 Å². The molecule has 0 aromatic heterocycles. The van der Waals surface area contributed by atoms with Crippen LogP contribution in [0.3, 0.4) is 0 Å². The Labute approximate surface area is 284 Å². The second-order valence-corrected chi connectivity index (χ2v) is 13.8. The van der Waals surface area contributed by atoms with Crippen molar-refractivity contribution in [2.45, 2.75) is 239 Å². The summed E-state index contributed by atoms with van der Waals surface area (Å²) in [7, 11) is 0. The molecule has 1 amide bonds. The summed E-state index contributed by atoms with van der Waals surface area (Å²) < 4.78 is 0. The molecule has 0 aromatic carbocycles. The highest BCUT2D eigenvalue weighted by Crippen LogP contribution is 2.14. The molecule has 0 fully saturated rings. The summed E-state index contributed by atoms with van der Waals surface area (Å²) in [4.78, 5) is 12.1. The lowest BCUT2D eigenvalue weighted by molar-refractivity contribution is -0.121. The number of unbranched alkanes of at least 4 members (excludes halogenated alkanes) is 31. The molecule has 0 aliphatic heterocycles. The number of hydrogen-bond donors (Lipinski definition) is 1. The molecule has 0 aliphatic carbocycles. The minimum Gasteiger partial charge on any atom is -0.356 e. The van der Waals surface area contributed by atoms with Crippen LogP contribution < -0.4 is 5.32 Å². The minimum absolute atomic E-state index is 0.250. The molecule has 0 aromatic rings. The van der Waals surface area contributed by atoms with Gasteiger partial charge in [0.15, 0.2) is 0 Å². The van der Waals surface area contributed by atoms with Gasteiger partial charge in [0.1, 0.15) is 0 Å². The van der Waals surface area contributed by atoms with Crippen molar-refractivity contribution in [3.63, 3.8) is 0 Å². The molecule has 0 atom stereocenters. The number of rotatable bonds is 35. The average Bonchev–Trinajstić information content (AvgIpc) is 3.05. The number of carbonyl (C=O) groups excluding carboxylic acids is 1. The van der Waals surface area contributed by atoms with Gasteiger partial charge in [-0.1, -0.05) is 205 Å². The van der Waals surface area contributed by atoms with Gasteiger partial charge >= 0.3 is 0 Å². The van der Waals surface area contributed by atoms with E-state index >= 15 is 0 Å². The molecule has 1 N–H and O–H groups in total. The molecule has 0 bridgehead atoms. The third-order valence-corrected chi connectivity index (χ3v) is 9.20. The predicted molar refractivity (Wildman–Crippen MR) is 202 cm³/mol. The molecule has 0 rings (SSSR count). The molecule has 0 heterocycles. The third-order valence-electron chi connectivity index (χ3n) is 9.20. The van der Waals surface area contributed by atoms with Crippen molar-refractivity contribution in [2.75, 3.05) is 6.54 Å². The Bertz CT molecular complexity index is 705. The van der Waals surface area contributed by atoms with Gasteiger partial charge in [-0.15, -0.1) is 0 Å². The zero-order valence-corrected chi connectivity index (χ0v) is 30.9. The van der Waals surface area contributed by atoms with E-state index in [9.17, 15) is 4.79 Å². The molecule has 0 aliphatic rings. The summed E-state index contributed by atoms with van der Waals surface area (Å²) in [5, 5.41) is 3.13. The van der Waals surface area contributed by atoms with E-state index in [2.05, 4.69) is 42.8 Å². The lowest BCUT2D eigenvalue weighted by Gasteiger charge is -2.06. The van der Waals surface area contributed by atoms with E-state index in [1.54, 1.807) is 0 Å². The molecule has 2 nitrogen and oxygen atoms in total. The molecule has 45 heavy (non-hydrogen) atoms. The van der Waals surface area contributed by atoms with Crippen molar-refractivity contribution in [2.24, 2.45) is 0 Å². The maximum Gasteiger partial charge on any atom is 0.219 e. The lowest BCUT2D eigenvalue weighted by atomic mass is 10.0. The monoisotopic (exact) mass is 626 g/mol. The topological polar surface area (TPSA) is 29.1 Å². The van der Waals surface area contributed by atoms with E-state index in [0.29, 0.717) is 6.42 Å². The Morgan fingerprint density at radius 3 is 1.02 bits per heavy atom. The van der Waals surface area contributed by atoms with Crippen molar-refractivity contribution in [3.05, 3.63) is 0 Å². The first-order valence-corrected chi connectivity index (χ1v) is 20.5. The van der Waals surface area contributed by atoms with Crippen LogP contribution in [0.4, 0.5) is 0 Å². The van der Waals surface area contributed by atoms with Crippen molar-refractivity contribution in [1.29, 1.82) is 0 Å². The Balaban J connectivity index is 3.27. The van der Waals surface area contributed by atoms with Crippen LogP contribution in [0.25, 0.3) is 0 Å². The van der Waals surface area contributed by atoms with Gasteiger partial charge in [0.05, 0.1) is 0 Å². The van der Waals surface area contributed by atoms with Gasteiger partial charge < -0.3 is 5.32 Å². The fourth-order valence-corrected chi connectivity index (χ4v) is 6.11. The summed E-state index contributed by atoms with van der Waals surface area (Å²) in [6.07, 6.45) is 45.7. The smallest absolute Gasteiger partial charge is 0.219 e. The third kappa shape index (κ3) is 40.6. The van der Waals surface area contributed by atoms with E-state index in [1.807, 2.05) is 0 Å². The molecule has 0 spiro atoms. The molecule has 0 saturated carbocycles. The van der Waals surface area contributed by atoms with Crippen molar-refractivity contribution in [1.82, 2.24) is 5.32 Å². The standard InChI is InChI=1S/C43H79NO/c1-3-5-7-9-11-13-15-17-19-21-22-23-24-25-26-27-29-31-33-35-37-39-41-43(45)44-42-40-38-36-34-32-30-28-20-18-16-14-12-10-8-6-4-2/h3-22,27-42H2,1-2H3,(H,44,45). The second-order valence-electron chi connectivity index (χ2n) is 13.8. The van der Waals surface area contributed by atoms with Gasteiger partial charge in [-0.3, -0.25) is 4.79 Å². The van der Waals surface area contributed by atoms with E-state index < -0.39 is 0 Å². The number of hydrogen-bond acceptors (Lipinski definition) is 1. The van der Waals surface area contributed by atoms with Gasteiger partial charge in [-0.25, -0.2) is 0 Å². The fraction of sp³-hybridized carbons (Fsp3) is 0.884. The van der Waals surface area contributed by atoms with Crippen LogP contribution >= 0.6 is 0 Å². The first-order chi connectivity index (χ1) is 22.3. The number of amides is 1. The highest BCUT2D eigenvalue weighted by Gasteiger charge is 2.01. The second kappa shape index (κ2) is 40.6. The van der Waals surface area contributed by atoms with Gasteiger partial charge in [-0.2, -0.15) is 0 Å². The Morgan fingerprint density at radius 1 is 0.378 bits per heavy atom. The summed E-state index contributed by atoms with van der Waals surface area (Å²) in [6, 6.07) is 0. The average molecular weight is 626 g/mol. The van der Waals surface area contributed by atoms with Crippen molar-refractivity contribution < 1.29 is 4.79 Å². The quantitative estimate of drug-likeness (QED) is 0.0551. The van der Waals surface area contributed by atoms with Crippen molar-refractivity contribution >= 4 is 5.91 Å². The van der Waals surface area contributed by atoms with Crippen molar-refractivity contribution in [3.8, 4) is 23.7 Å². The van der Waals surface area contributed by atoms with E-state index in [1.165, 1.54) is 193 Å². The normalized spacial score (nSPS) is 10.7. The largest absolute Gasteiger partial charge is 0.356 e. The summed E-state index contributed by atoms with van der Waals surface area (Å²) in [5.74, 6) is 12.8. The minimum atomic E-state index is 0.250. The fourth-order valence-electron chi connectivity index (χ4n) is 6.11. The molecule has 0 unspecified atom stereocenters. The van der Waals surface area contributed by atoms with Gasteiger partial charge in [-0.05, 0) is 37.5 Å². The Morgan fingerprint density at radius 2 is 0.667 bits per heavy atom. The SMILES string of the molecule is CCCCCCCCCCCCC#CC#CCCCCCCCCC(=O)NCCCCCCCCCCCCCCCCCC. The maximum atomic E-state index is 12.1. The maximum absolute atomic E-state index is 12.1. The lowest BCUT2D eigenvalue weighted by Crippen LogP contribution is -2.23. The van der Waals surface area contributed by atoms with Crippen LogP contribution in [0.1, 0.15) is 239 Å². The van der Waals surface area contributed by atoms with Crippen LogP contribution in [0.5, 0.6) is 0 Å². The van der Waals surface area contributed by atoms with Crippen LogP contribution in [0.15, 0.2) is 0 Å². The van der Waals surface area contributed by atoms with Gasteiger partial charge in [0.25, 0.3) is 0 Å². The highest BCUT2D eigenvalue weighted by atomic mass is 16.1. The first-order valence-electron chi connectivity index (χ1n) is 20.5. The van der Waals surface area contributed by atoms with Crippen LogP contribution in [-0.2, 0) is 4.79 Å². The summed E-state index contributed by atoms with van der Waals surface area (Å²) in [5.41, 5.74) is 0.